The Balaban J connectivity index is 1.94. The number of anilines is 1. The lowest BCUT2D eigenvalue weighted by molar-refractivity contribution is 0.101. The van der Waals surface area contributed by atoms with Crippen LogP contribution in [0.4, 0.5) is 5.69 Å². The third kappa shape index (κ3) is 3.92. The molecular weight excluding hydrogens is 296 g/mol. The monoisotopic (exact) mass is 316 g/mol. The third-order valence-corrected chi connectivity index (χ3v) is 3.72. The Hall–Kier alpha value is -2.21. The highest BCUT2D eigenvalue weighted by Gasteiger charge is 2.06. The van der Waals surface area contributed by atoms with Crippen molar-refractivity contribution < 1.29 is 4.79 Å². The second-order valence-electron chi connectivity index (χ2n) is 5.02. The molecule has 0 saturated heterocycles. The van der Waals surface area contributed by atoms with Crippen molar-refractivity contribution in [2.24, 2.45) is 0 Å². The molecule has 1 aromatic carbocycles. The number of hydrogen-bond acceptors (Lipinski definition) is 3. The number of Topliss-reactive ketones (excluding diaryl/α,β-unsaturated/α-hetero) is 1. The lowest BCUT2D eigenvalue weighted by Crippen LogP contribution is -2.28. The molecule has 2 aromatic rings. The van der Waals surface area contributed by atoms with Crippen molar-refractivity contribution in [1.29, 1.82) is 0 Å². The fraction of sp³-hybridized carbons (Fsp3) is 0.312. The number of nitrogens with one attached hydrogen (secondary N) is 2. The van der Waals surface area contributed by atoms with Crippen LogP contribution < -0.4 is 10.6 Å². The summed E-state index contributed by atoms with van der Waals surface area (Å²) in [6.45, 7) is 7.12. The van der Waals surface area contributed by atoms with Gasteiger partial charge in [0.2, 0.25) is 0 Å². The fourth-order valence-electron chi connectivity index (χ4n) is 2.14. The first-order valence-electron chi connectivity index (χ1n) is 7.18. The molecule has 0 fully saturated rings. The van der Waals surface area contributed by atoms with Crippen LogP contribution in [0.1, 0.15) is 35.5 Å². The maximum Gasteiger partial charge on any atom is 0.171 e. The summed E-state index contributed by atoms with van der Waals surface area (Å²) in [5, 5.41) is 11.1. The zero-order chi connectivity index (χ0) is 16.1. The Bertz CT molecular complexity index is 693. The van der Waals surface area contributed by atoms with Crippen molar-refractivity contribution in [2.75, 3.05) is 5.32 Å². The minimum atomic E-state index is 0.0325. The summed E-state index contributed by atoms with van der Waals surface area (Å²) in [7, 11) is 0. The first-order chi connectivity index (χ1) is 10.5. The number of nitrogens with zero attached hydrogens (tertiary/aromatic N) is 2. The maximum atomic E-state index is 11.4. The second kappa shape index (κ2) is 7.17. The van der Waals surface area contributed by atoms with E-state index in [9.17, 15) is 4.79 Å². The lowest BCUT2D eigenvalue weighted by atomic mass is 10.1. The molecule has 0 unspecified atom stereocenters. The molecule has 22 heavy (non-hydrogen) atoms. The van der Waals surface area contributed by atoms with Crippen molar-refractivity contribution in [3.8, 4) is 0 Å². The molecule has 0 radical (unpaired) electrons. The average molecular weight is 316 g/mol. The maximum absolute atomic E-state index is 11.4. The molecule has 1 heterocycles. The van der Waals surface area contributed by atoms with Crippen molar-refractivity contribution in [3.63, 3.8) is 0 Å². The Morgan fingerprint density at radius 3 is 2.82 bits per heavy atom. The summed E-state index contributed by atoms with van der Waals surface area (Å²) in [5.41, 5.74) is 3.71. The molecule has 1 aromatic heterocycles. The minimum absolute atomic E-state index is 0.0325. The molecule has 116 valence electrons. The molecule has 0 saturated carbocycles. The van der Waals surface area contributed by atoms with Gasteiger partial charge in [0, 0.05) is 35.6 Å². The number of aryl methyl sites for hydroxylation is 1. The fourth-order valence-corrected chi connectivity index (χ4v) is 2.33. The van der Waals surface area contributed by atoms with Crippen LogP contribution in [0.15, 0.2) is 30.5 Å². The van der Waals surface area contributed by atoms with Crippen LogP contribution in [-0.4, -0.2) is 20.7 Å². The molecule has 0 spiro atoms. The standard InChI is InChI=1S/C16H20N4OS/c1-4-20-11(2)14(10-18-20)9-17-16(22)19-15-7-5-6-13(8-15)12(3)21/h5-8,10H,4,9H2,1-3H3,(H2,17,19,22). The molecule has 0 bridgehead atoms. The van der Waals surface area contributed by atoms with E-state index in [0.717, 1.165) is 23.5 Å². The highest BCUT2D eigenvalue weighted by atomic mass is 32.1. The second-order valence-corrected chi connectivity index (χ2v) is 5.42. The molecular formula is C16H20N4OS. The van der Waals surface area contributed by atoms with Crippen molar-refractivity contribution in [1.82, 2.24) is 15.1 Å². The average Bonchev–Trinajstić information content (AvgIpc) is 2.85. The smallest absolute Gasteiger partial charge is 0.171 e. The van der Waals surface area contributed by atoms with Gasteiger partial charge < -0.3 is 10.6 Å². The number of carbonyl (C=O) groups is 1. The third-order valence-electron chi connectivity index (χ3n) is 3.47. The Kier molecular flexibility index (Phi) is 5.27. The van der Waals surface area contributed by atoms with E-state index in [-0.39, 0.29) is 5.78 Å². The van der Waals surface area contributed by atoms with Gasteiger partial charge in [-0.2, -0.15) is 5.10 Å². The van der Waals surface area contributed by atoms with Gasteiger partial charge in [0.15, 0.2) is 10.9 Å². The normalized spacial score (nSPS) is 10.3. The molecule has 0 aliphatic carbocycles. The minimum Gasteiger partial charge on any atom is -0.358 e. The number of hydrogen-bond donors (Lipinski definition) is 2. The van der Waals surface area contributed by atoms with Gasteiger partial charge in [0.05, 0.1) is 6.20 Å². The van der Waals surface area contributed by atoms with Crippen molar-refractivity contribution >= 4 is 28.8 Å². The number of carbonyl (C=O) groups excluding carboxylic acids is 1. The van der Waals surface area contributed by atoms with E-state index in [4.69, 9.17) is 12.2 Å². The van der Waals surface area contributed by atoms with E-state index >= 15 is 0 Å². The Labute approximate surface area is 135 Å². The van der Waals surface area contributed by atoms with E-state index in [1.165, 1.54) is 0 Å². The number of benzene rings is 1. The van der Waals surface area contributed by atoms with E-state index in [1.807, 2.05) is 29.9 Å². The van der Waals surface area contributed by atoms with Gasteiger partial charge in [0.25, 0.3) is 0 Å². The Morgan fingerprint density at radius 2 is 2.18 bits per heavy atom. The molecule has 0 aliphatic rings. The van der Waals surface area contributed by atoms with Crippen LogP contribution in [-0.2, 0) is 13.1 Å². The number of aromatic nitrogens is 2. The predicted octanol–water partition coefficient (Wildman–Crippen LogP) is 2.90. The summed E-state index contributed by atoms with van der Waals surface area (Å²) < 4.78 is 1.95. The summed E-state index contributed by atoms with van der Waals surface area (Å²) in [4.78, 5) is 11.4. The van der Waals surface area contributed by atoms with Gasteiger partial charge in [0.1, 0.15) is 0 Å². The van der Waals surface area contributed by atoms with Crippen molar-refractivity contribution in [2.45, 2.75) is 33.9 Å². The molecule has 0 amide bonds. The topological polar surface area (TPSA) is 59.0 Å². The zero-order valence-electron chi connectivity index (χ0n) is 13.0. The van der Waals surface area contributed by atoms with E-state index in [2.05, 4.69) is 22.7 Å². The summed E-state index contributed by atoms with van der Waals surface area (Å²) >= 11 is 5.29. The first kappa shape index (κ1) is 16.2. The van der Waals surface area contributed by atoms with E-state index < -0.39 is 0 Å². The van der Waals surface area contributed by atoms with Crippen LogP contribution in [0, 0.1) is 6.92 Å². The summed E-state index contributed by atoms with van der Waals surface area (Å²) in [6, 6.07) is 7.28. The van der Waals surface area contributed by atoms with Crippen LogP contribution >= 0.6 is 12.2 Å². The van der Waals surface area contributed by atoms with Crippen LogP contribution in [0.3, 0.4) is 0 Å². The van der Waals surface area contributed by atoms with Crippen LogP contribution in [0.2, 0.25) is 0 Å². The highest BCUT2D eigenvalue weighted by Crippen LogP contribution is 2.11. The lowest BCUT2D eigenvalue weighted by Gasteiger charge is -2.11. The van der Waals surface area contributed by atoms with E-state index in [1.54, 1.807) is 19.1 Å². The Morgan fingerprint density at radius 1 is 1.41 bits per heavy atom. The van der Waals surface area contributed by atoms with Crippen molar-refractivity contribution in [3.05, 3.63) is 47.3 Å². The van der Waals surface area contributed by atoms with Gasteiger partial charge in [-0.05, 0) is 45.1 Å². The zero-order valence-corrected chi connectivity index (χ0v) is 13.8. The van der Waals surface area contributed by atoms with E-state index in [0.29, 0.717) is 17.2 Å². The van der Waals surface area contributed by atoms with Gasteiger partial charge in [-0.25, -0.2) is 0 Å². The SMILES string of the molecule is CCn1ncc(CNC(=S)Nc2cccc(C(C)=O)c2)c1C. The number of ketones is 1. The number of thiocarbonyl (C=S) groups is 1. The quantitative estimate of drug-likeness (QED) is 0.656. The number of rotatable bonds is 5. The molecule has 0 atom stereocenters. The predicted molar refractivity (Wildman–Crippen MR) is 92.1 cm³/mol. The first-order valence-corrected chi connectivity index (χ1v) is 7.59. The molecule has 2 N–H and O–H groups in total. The summed E-state index contributed by atoms with van der Waals surface area (Å²) in [6.07, 6.45) is 1.85. The van der Waals surface area contributed by atoms with Crippen LogP contribution in [0.25, 0.3) is 0 Å². The summed E-state index contributed by atoms with van der Waals surface area (Å²) in [5.74, 6) is 0.0325. The molecule has 2 rings (SSSR count). The highest BCUT2D eigenvalue weighted by molar-refractivity contribution is 7.80. The van der Waals surface area contributed by atoms with Gasteiger partial charge in [-0.15, -0.1) is 0 Å². The van der Waals surface area contributed by atoms with Gasteiger partial charge in [-0.3, -0.25) is 9.48 Å². The molecule has 5 nitrogen and oxygen atoms in total. The van der Waals surface area contributed by atoms with Crippen LogP contribution in [0.5, 0.6) is 0 Å². The largest absolute Gasteiger partial charge is 0.358 e. The van der Waals surface area contributed by atoms with Gasteiger partial charge in [-0.1, -0.05) is 12.1 Å². The van der Waals surface area contributed by atoms with Gasteiger partial charge >= 0.3 is 0 Å². The molecule has 0 aliphatic heterocycles. The molecule has 6 heteroatoms.